The number of nitrogens with zero attached hydrogens (tertiary/aromatic N) is 3. The van der Waals surface area contributed by atoms with Crippen LogP contribution in [0, 0.1) is 0 Å². The number of anilines is 4. The maximum absolute atomic E-state index is 11.4. The van der Waals surface area contributed by atoms with Gasteiger partial charge in [0.15, 0.2) is 0 Å². The van der Waals surface area contributed by atoms with Crippen molar-refractivity contribution in [3.8, 4) is 5.75 Å². The van der Waals surface area contributed by atoms with Gasteiger partial charge in [0.05, 0.1) is 5.69 Å². The monoisotopic (exact) mass is 382 g/mol. The molecule has 0 saturated heterocycles. The summed E-state index contributed by atoms with van der Waals surface area (Å²) in [6.45, 7) is 0. The quantitative estimate of drug-likeness (QED) is 0.253. The smallest absolute Gasteiger partial charge is 0.296 e. The molecule has 0 radical (unpaired) electrons. The molecule has 0 bridgehead atoms. The van der Waals surface area contributed by atoms with E-state index in [0.717, 1.165) is 6.07 Å². The van der Waals surface area contributed by atoms with Crippen LogP contribution in [0.2, 0.25) is 5.28 Å². The van der Waals surface area contributed by atoms with Crippen molar-refractivity contribution in [3.63, 3.8) is 0 Å². The predicted octanol–water partition coefficient (Wildman–Crippen LogP) is 1.54. The van der Waals surface area contributed by atoms with E-state index in [9.17, 15) is 18.1 Å². The van der Waals surface area contributed by atoms with Gasteiger partial charge in [0.2, 0.25) is 17.2 Å². The van der Waals surface area contributed by atoms with Gasteiger partial charge in [0.1, 0.15) is 10.6 Å². The van der Waals surface area contributed by atoms with Crippen LogP contribution in [-0.2, 0) is 10.1 Å². The first-order chi connectivity index (χ1) is 11.6. The molecule has 0 aliphatic carbocycles. The van der Waals surface area contributed by atoms with Gasteiger partial charge in [-0.05, 0) is 41.3 Å². The largest absolute Gasteiger partial charge is 0.505 e. The summed E-state index contributed by atoms with van der Waals surface area (Å²) < 4.78 is 32.0. The van der Waals surface area contributed by atoms with Crippen molar-refractivity contribution in [3.05, 3.63) is 29.5 Å². The van der Waals surface area contributed by atoms with E-state index in [1.807, 2.05) is 0 Å². The molecule has 0 spiro atoms. The van der Waals surface area contributed by atoms with Crippen molar-refractivity contribution in [1.82, 2.24) is 15.0 Å². The van der Waals surface area contributed by atoms with Crippen LogP contribution in [0.3, 0.4) is 0 Å². The molecule has 0 fully saturated rings. The van der Waals surface area contributed by atoms with Gasteiger partial charge in [-0.1, -0.05) is 0 Å². The number of halogens is 1. The molecule has 10 nitrogen and oxygen atoms in total. The van der Waals surface area contributed by atoms with Crippen LogP contribution < -0.4 is 16.8 Å². The lowest BCUT2D eigenvalue weighted by molar-refractivity contribution is 0.473. The summed E-state index contributed by atoms with van der Waals surface area (Å²) >= 11 is 5.70. The Morgan fingerprint density at radius 2 is 1.84 bits per heavy atom. The van der Waals surface area contributed by atoms with E-state index >= 15 is 0 Å². The zero-order valence-corrected chi connectivity index (χ0v) is 13.9. The molecule has 0 aliphatic heterocycles. The van der Waals surface area contributed by atoms with Gasteiger partial charge in [-0.3, -0.25) is 4.55 Å². The summed E-state index contributed by atoms with van der Waals surface area (Å²) in [5.74, 6) is -0.460. The number of hydrogen-bond acceptors (Lipinski definition) is 9. The number of aromatic nitrogens is 3. The molecule has 25 heavy (non-hydrogen) atoms. The summed E-state index contributed by atoms with van der Waals surface area (Å²) in [6.07, 6.45) is 0. The first-order valence-corrected chi connectivity index (χ1v) is 8.44. The average molecular weight is 383 g/mol. The molecule has 130 valence electrons. The molecule has 12 heteroatoms. The SMILES string of the molecule is Nc1nc(Cl)nc(Nc2ccc3c(O)c(N)c(S(=O)(=O)O)cc3c2)n1. The van der Waals surface area contributed by atoms with Gasteiger partial charge in [-0.2, -0.15) is 23.4 Å². The van der Waals surface area contributed by atoms with Gasteiger partial charge in [-0.15, -0.1) is 0 Å². The fraction of sp³-hybridized carbons (Fsp3) is 0. The average Bonchev–Trinajstić information content (AvgIpc) is 2.48. The lowest BCUT2D eigenvalue weighted by Gasteiger charge is -2.11. The molecule has 3 aromatic rings. The number of nitrogens with one attached hydrogen (secondary N) is 1. The second-order valence-corrected chi connectivity index (χ2v) is 6.69. The summed E-state index contributed by atoms with van der Waals surface area (Å²) in [5.41, 5.74) is 11.1. The van der Waals surface area contributed by atoms with E-state index in [-0.39, 0.29) is 17.2 Å². The highest BCUT2D eigenvalue weighted by atomic mass is 35.5. The highest BCUT2D eigenvalue weighted by molar-refractivity contribution is 7.86. The first-order valence-electron chi connectivity index (χ1n) is 6.62. The molecule has 7 N–H and O–H groups in total. The number of phenols is 1. The molecule has 0 saturated carbocycles. The standard InChI is InChI=1S/C13H11ClN6O4S/c14-11-18-12(16)20-13(19-11)17-6-1-2-7-5(3-6)4-8(25(22,23)24)9(15)10(7)21/h1-4,21H,15H2,(H,22,23,24)(H3,16,17,18,19,20). The van der Waals surface area contributed by atoms with Gasteiger partial charge in [-0.25, -0.2) is 0 Å². The van der Waals surface area contributed by atoms with Crippen LogP contribution in [-0.4, -0.2) is 33.0 Å². The van der Waals surface area contributed by atoms with Gasteiger partial charge >= 0.3 is 0 Å². The van der Waals surface area contributed by atoms with Crippen LogP contribution in [0.15, 0.2) is 29.2 Å². The predicted molar refractivity (Wildman–Crippen MR) is 92.4 cm³/mol. The normalized spacial score (nSPS) is 11.6. The van der Waals surface area contributed by atoms with Crippen molar-refractivity contribution < 1.29 is 18.1 Å². The third-order valence-corrected chi connectivity index (χ3v) is 4.34. The number of benzene rings is 2. The minimum Gasteiger partial charge on any atom is -0.505 e. The Labute approximate surface area is 146 Å². The summed E-state index contributed by atoms with van der Waals surface area (Å²) in [5, 5.41) is 13.4. The second-order valence-electron chi connectivity index (χ2n) is 4.96. The van der Waals surface area contributed by atoms with Crippen molar-refractivity contribution in [2.45, 2.75) is 4.90 Å². The fourth-order valence-corrected chi connectivity index (χ4v) is 3.04. The Bertz CT molecular complexity index is 1090. The lowest BCUT2D eigenvalue weighted by Crippen LogP contribution is -2.04. The molecule has 0 atom stereocenters. The molecule has 0 unspecified atom stereocenters. The zero-order valence-electron chi connectivity index (χ0n) is 12.3. The molecule has 0 amide bonds. The lowest BCUT2D eigenvalue weighted by atomic mass is 10.1. The number of aromatic hydroxyl groups is 1. The molecule has 1 heterocycles. The third-order valence-electron chi connectivity index (χ3n) is 3.27. The van der Waals surface area contributed by atoms with Crippen LogP contribution >= 0.6 is 11.6 Å². The number of nitrogen functional groups attached to an aromatic ring is 2. The Hall–Kier alpha value is -2.89. The van der Waals surface area contributed by atoms with E-state index in [2.05, 4.69) is 20.3 Å². The fourth-order valence-electron chi connectivity index (χ4n) is 2.22. The second kappa shape index (κ2) is 5.88. The van der Waals surface area contributed by atoms with E-state index in [1.54, 1.807) is 6.07 Å². The molecule has 1 aromatic heterocycles. The van der Waals surface area contributed by atoms with Crippen LogP contribution in [0.4, 0.5) is 23.3 Å². The number of fused-ring (bicyclic) bond motifs is 1. The third kappa shape index (κ3) is 3.33. The molecular weight excluding hydrogens is 372 g/mol. The summed E-state index contributed by atoms with van der Waals surface area (Å²) in [7, 11) is -4.60. The van der Waals surface area contributed by atoms with Crippen LogP contribution in [0.5, 0.6) is 5.75 Å². The van der Waals surface area contributed by atoms with Gasteiger partial charge in [0, 0.05) is 11.1 Å². The van der Waals surface area contributed by atoms with Crippen LogP contribution in [0.1, 0.15) is 0 Å². The number of phenolic OH excluding ortho intramolecular Hbond substituents is 1. The Morgan fingerprint density at radius 1 is 1.12 bits per heavy atom. The van der Waals surface area contributed by atoms with Crippen molar-refractivity contribution >= 4 is 55.8 Å². The summed E-state index contributed by atoms with van der Waals surface area (Å²) in [6, 6.07) is 5.71. The van der Waals surface area contributed by atoms with Crippen molar-refractivity contribution in [2.75, 3.05) is 16.8 Å². The Kier molecular flexibility index (Phi) is 3.99. The Balaban J connectivity index is 2.12. The first kappa shape index (κ1) is 17.0. The van der Waals surface area contributed by atoms with Crippen molar-refractivity contribution in [1.29, 1.82) is 0 Å². The van der Waals surface area contributed by atoms with E-state index in [0.29, 0.717) is 16.5 Å². The number of nitrogens with two attached hydrogens (primary N) is 2. The number of rotatable bonds is 3. The topological polar surface area (TPSA) is 177 Å². The molecule has 0 aliphatic rings. The van der Waals surface area contributed by atoms with Crippen molar-refractivity contribution in [2.24, 2.45) is 0 Å². The van der Waals surface area contributed by atoms with Gasteiger partial charge < -0.3 is 21.9 Å². The maximum Gasteiger partial charge on any atom is 0.296 e. The van der Waals surface area contributed by atoms with Crippen LogP contribution in [0.25, 0.3) is 10.8 Å². The minimum atomic E-state index is -4.60. The van der Waals surface area contributed by atoms with E-state index in [1.165, 1.54) is 12.1 Å². The van der Waals surface area contributed by atoms with E-state index in [4.69, 9.17) is 23.1 Å². The number of hydrogen-bond donors (Lipinski definition) is 5. The highest BCUT2D eigenvalue weighted by Crippen LogP contribution is 2.37. The highest BCUT2D eigenvalue weighted by Gasteiger charge is 2.19. The molecule has 3 rings (SSSR count). The summed E-state index contributed by atoms with van der Waals surface area (Å²) in [4.78, 5) is 10.7. The molecule has 2 aromatic carbocycles. The Morgan fingerprint density at radius 3 is 2.48 bits per heavy atom. The minimum absolute atomic E-state index is 0.0755. The van der Waals surface area contributed by atoms with E-state index < -0.39 is 26.5 Å². The van der Waals surface area contributed by atoms with Gasteiger partial charge in [0.25, 0.3) is 10.1 Å². The maximum atomic E-state index is 11.4. The molecular formula is C13H11ClN6O4S. The zero-order chi connectivity index (χ0) is 18.4.